The second-order valence-corrected chi connectivity index (χ2v) is 14.7. The highest BCUT2D eigenvalue weighted by Crippen LogP contribution is 2.27. The van der Waals surface area contributed by atoms with Crippen LogP contribution in [0.2, 0.25) is 30.1 Å². The first-order valence-corrected chi connectivity index (χ1v) is 20.8. The van der Waals surface area contributed by atoms with Crippen molar-refractivity contribution < 1.29 is 29.3 Å². The monoisotopic (exact) mass is 949 g/mol. The average molecular weight is 953 g/mol. The zero-order valence-corrected chi connectivity index (χ0v) is 38.4. The van der Waals surface area contributed by atoms with Crippen molar-refractivity contribution >= 4 is 93.4 Å². The minimum atomic E-state index is -0.566. The number of hydrogen-bond donors (Lipinski definition) is 7. The highest BCUT2D eigenvalue weighted by molar-refractivity contribution is 6.43. The van der Waals surface area contributed by atoms with Crippen molar-refractivity contribution in [1.82, 2.24) is 25.8 Å². The number of likely N-dealkylation sites (N-methyl/N-ethyl adjacent to an activating group) is 3. The Hall–Kier alpha value is -3.73. The van der Waals surface area contributed by atoms with Crippen LogP contribution in [-0.2, 0) is 30.8 Å². The predicted octanol–water partition coefficient (Wildman–Crippen LogP) is 8.72. The van der Waals surface area contributed by atoms with Gasteiger partial charge >= 0.3 is 18.2 Å². The number of anilines is 1. The van der Waals surface area contributed by atoms with Crippen molar-refractivity contribution in [2.75, 3.05) is 65.9 Å². The number of hydrogen-bond acceptors (Lipinski definition) is 8. The molecule has 4 aromatic rings. The third-order valence-corrected chi connectivity index (χ3v) is 10.5. The summed E-state index contributed by atoms with van der Waals surface area (Å²) < 4.78 is 5.11. The summed E-state index contributed by atoms with van der Waals surface area (Å²) >= 11 is 35.4. The molecule has 0 aliphatic rings. The molecule has 4 rings (SSSR count). The largest absolute Gasteiger partial charge is 0.447 e. The van der Waals surface area contributed by atoms with Gasteiger partial charge in [-0.25, -0.2) is 14.4 Å². The molecular formula is C41H53Cl6N7O6. The lowest BCUT2D eigenvalue weighted by Gasteiger charge is -2.18. The molecule has 19 heteroatoms. The number of nitrogens with zero attached hydrogens (tertiary/aromatic N) is 2. The Labute approximate surface area is 382 Å². The number of benzene rings is 4. The fraction of sp³-hybridized carbons (Fsp3) is 0.341. The Morgan fingerprint density at radius 3 is 1.50 bits per heavy atom. The van der Waals surface area contributed by atoms with Gasteiger partial charge in [0.25, 0.3) is 0 Å². The molecule has 8 N–H and O–H groups in total. The van der Waals surface area contributed by atoms with E-state index in [4.69, 9.17) is 90.3 Å². The van der Waals surface area contributed by atoms with E-state index in [0.717, 1.165) is 23.1 Å². The van der Waals surface area contributed by atoms with Crippen molar-refractivity contribution in [3.63, 3.8) is 0 Å². The number of aliphatic hydroxyl groups is 2. The number of carbonyl (C=O) groups is 3. The van der Waals surface area contributed by atoms with Crippen LogP contribution in [0.1, 0.15) is 29.2 Å². The van der Waals surface area contributed by atoms with Crippen LogP contribution in [0.3, 0.4) is 0 Å². The Morgan fingerprint density at radius 2 is 1.12 bits per heavy atom. The van der Waals surface area contributed by atoms with Gasteiger partial charge in [-0.15, -0.1) is 0 Å². The molecule has 0 heterocycles. The molecule has 0 saturated carbocycles. The number of urea groups is 2. The molecule has 0 atom stereocenters. The minimum Gasteiger partial charge on any atom is -0.447 e. The lowest BCUT2D eigenvalue weighted by Crippen LogP contribution is -2.39. The number of rotatable bonds is 14. The van der Waals surface area contributed by atoms with Crippen LogP contribution in [0.15, 0.2) is 78.9 Å². The summed E-state index contributed by atoms with van der Waals surface area (Å²) in [5.41, 5.74) is 9.58. The number of carbonyl (C=O) groups excluding carboxylic acids is 3. The Balaban J connectivity index is 0.000000472. The molecule has 0 saturated heterocycles. The van der Waals surface area contributed by atoms with E-state index in [-0.39, 0.29) is 51.5 Å². The molecule has 13 nitrogen and oxygen atoms in total. The van der Waals surface area contributed by atoms with Gasteiger partial charge in [-0.05, 0) is 66.1 Å². The summed E-state index contributed by atoms with van der Waals surface area (Å²) in [5.74, 6) is 0. The molecule has 4 aromatic carbocycles. The first kappa shape index (κ1) is 54.3. The summed E-state index contributed by atoms with van der Waals surface area (Å²) in [6, 6.07) is 22.9. The van der Waals surface area contributed by atoms with E-state index in [1.165, 1.54) is 15.4 Å². The standard InChI is InChI=1S/C20H23Cl2N3O3.C11H14Cl2N2O2.C7H7Cl2N.C3H9NO/c1-3-14-7-9-16(10-8-14)24-20(27)28-12-11-25(2)19(26)23-13-15-5-4-6-17(21)18(15)22;1-15(5-6-16)11(17)14-7-8-3-2-4-9(12)10(8)13;8-6-3-1-2-5(4-10)7(6)9;1-4-2-3-5/h4-10H,3,11-13H2,1-2H3,(H,23,26)(H,24,27);2-4,16H,5-7H2,1H3,(H,14,17);1-3H,4,10H2;4-5H,2-3H2,1H3. The second kappa shape index (κ2) is 31.2. The van der Waals surface area contributed by atoms with Crippen LogP contribution < -0.4 is 27.0 Å². The molecule has 0 aliphatic heterocycles. The van der Waals surface area contributed by atoms with Crippen LogP contribution in [-0.4, -0.2) is 98.8 Å². The van der Waals surface area contributed by atoms with Crippen LogP contribution in [0.5, 0.6) is 0 Å². The van der Waals surface area contributed by atoms with E-state index in [2.05, 4.69) is 28.2 Å². The topological polar surface area (TPSA) is 182 Å². The first-order valence-electron chi connectivity index (χ1n) is 18.5. The fourth-order valence-electron chi connectivity index (χ4n) is 4.41. The summed E-state index contributed by atoms with van der Waals surface area (Å²) in [7, 11) is 5.01. The van der Waals surface area contributed by atoms with Gasteiger partial charge in [0.1, 0.15) is 6.61 Å². The highest BCUT2D eigenvalue weighted by atomic mass is 35.5. The van der Waals surface area contributed by atoms with Crippen LogP contribution in [0.25, 0.3) is 0 Å². The zero-order valence-electron chi connectivity index (χ0n) is 33.8. The maximum absolute atomic E-state index is 12.1. The molecule has 0 bridgehead atoms. The molecule has 0 fully saturated rings. The van der Waals surface area contributed by atoms with Gasteiger partial charge in [0.2, 0.25) is 0 Å². The van der Waals surface area contributed by atoms with E-state index < -0.39 is 6.09 Å². The van der Waals surface area contributed by atoms with Gasteiger partial charge in [-0.1, -0.05) is 125 Å². The third-order valence-electron chi connectivity index (χ3n) is 7.93. The lowest BCUT2D eigenvalue weighted by molar-refractivity contribution is 0.146. The van der Waals surface area contributed by atoms with Crippen LogP contribution in [0, 0.1) is 0 Å². The number of aryl methyl sites for hydroxylation is 1. The summed E-state index contributed by atoms with van der Waals surface area (Å²) in [6.07, 6.45) is 0.367. The van der Waals surface area contributed by atoms with E-state index >= 15 is 0 Å². The Bertz CT molecular complexity index is 1890. The maximum atomic E-state index is 12.1. The number of halogens is 6. The van der Waals surface area contributed by atoms with Crippen molar-refractivity contribution in [2.24, 2.45) is 5.73 Å². The number of amides is 5. The van der Waals surface area contributed by atoms with E-state index in [1.807, 2.05) is 36.4 Å². The molecule has 0 aliphatic carbocycles. The lowest BCUT2D eigenvalue weighted by atomic mass is 10.1. The zero-order chi connectivity index (χ0) is 45.0. The fourth-order valence-corrected chi connectivity index (χ4v) is 5.58. The molecule has 330 valence electrons. The van der Waals surface area contributed by atoms with E-state index in [0.29, 0.717) is 55.5 Å². The molecule has 0 spiro atoms. The molecule has 0 unspecified atom stereocenters. The SMILES string of the molecule is CCc1ccc(NC(=O)OCCN(C)C(=O)NCc2cccc(Cl)c2Cl)cc1.CN(CCO)C(=O)NCc1cccc(Cl)c1Cl.CNCCO.NCc1cccc(Cl)c1Cl. The van der Waals surface area contributed by atoms with Crippen LogP contribution in [0.4, 0.5) is 20.1 Å². The summed E-state index contributed by atoms with van der Waals surface area (Å²) in [6.45, 7) is 4.50. The van der Waals surface area contributed by atoms with Crippen molar-refractivity contribution in [3.05, 3.63) is 131 Å². The molecule has 60 heavy (non-hydrogen) atoms. The van der Waals surface area contributed by atoms with Crippen molar-refractivity contribution in [2.45, 2.75) is 33.0 Å². The van der Waals surface area contributed by atoms with Gasteiger partial charge in [-0.2, -0.15) is 0 Å². The van der Waals surface area contributed by atoms with E-state index in [1.54, 1.807) is 63.6 Å². The number of nitrogens with two attached hydrogens (primary N) is 1. The molecule has 5 amide bonds. The number of nitrogens with one attached hydrogen (secondary N) is 4. The minimum absolute atomic E-state index is 0.0676. The van der Waals surface area contributed by atoms with Gasteiger partial charge < -0.3 is 46.4 Å². The normalized spacial score (nSPS) is 10.0. The molecular weight excluding hydrogens is 899 g/mol. The smallest absolute Gasteiger partial charge is 0.411 e. The van der Waals surface area contributed by atoms with Crippen molar-refractivity contribution in [1.29, 1.82) is 0 Å². The quantitative estimate of drug-likeness (QED) is 0.0656. The second-order valence-electron chi connectivity index (χ2n) is 12.4. The first-order chi connectivity index (χ1) is 28.6. The summed E-state index contributed by atoms with van der Waals surface area (Å²) in [5, 5.41) is 30.4. The van der Waals surface area contributed by atoms with Crippen molar-refractivity contribution in [3.8, 4) is 0 Å². The number of ether oxygens (including phenoxy) is 1. The molecule has 0 radical (unpaired) electrons. The summed E-state index contributed by atoms with van der Waals surface area (Å²) in [4.78, 5) is 38.3. The number of aliphatic hydroxyl groups excluding tert-OH is 2. The predicted molar refractivity (Wildman–Crippen MR) is 246 cm³/mol. The van der Waals surface area contributed by atoms with Gasteiger partial charge in [-0.3, -0.25) is 5.32 Å². The van der Waals surface area contributed by atoms with Crippen LogP contribution >= 0.6 is 69.6 Å². The third kappa shape index (κ3) is 21.2. The average Bonchev–Trinajstić information content (AvgIpc) is 3.24. The van der Waals surface area contributed by atoms with Gasteiger partial charge in [0.15, 0.2) is 0 Å². The van der Waals surface area contributed by atoms with Gasteiger partial charge in [0, 0.05) is 52.5 Å². The Morgan fingerprint density at radius 1 is 0.667 bits per heavy atom. The highest BCUT2D eigenvalue weighted by Gasteiger charge is 2.12. The Kier molecular flexibility index (Phi) is 28.2. The van der Waals surface area contributed by atoms with Gasteiger partial charge in [0.05, 0.1) is 49.9 Å². The molecule has 0 aromatic heterocycles. The maximum Gasteiger partial charge on any atom is 0.411 e. The van der Waals surface area contributed by atoms with E-state index in [9.17, 15) is 14.4 Å².